The first-order chi connectivity index (χ1) is 20.7. The molecule has 5 unspecified atom stereocenters. The largest absolute Gasteiger partial charge is 0.451 e. The second-order valence-corrected chi connectivity index (χ2v) is 11.8. The molecule has 1 aromatic heterocycles. The number of ketones is 1. The Morgan fingerprint density at radius 2 is 1.63 bits per heavy atom. The Morgan fingerprint density at radius 1 is 0.907 bits per heavy atom. The van der Waals surface area contributed by atoms with E-state index in [-0.39, 0.29) is 41.3 Å². The van der Waals surface area contributed by atoms with Gasteiger partial charge in [0.15, 0.2) is 6.10 Å². The number of hydrogen-bond acceptors (Lipinski definition) is 6. The Hall–Kier alpha value is -4.91. The molecule has 7 heteroatoms. The number of hydrogen-bond donors (Lipinski definition) is 0. The van der Waals surface area contributed by atoms with Gasteiger partial charge in [-0.1, -0.05) is 72.3 Å². The topological polar surface area (TPSA) is 93.6 Å². The van der Waals surface area contributed by atoms with E-state index in [0.717, 1.165) is 12.0 Å². The van der Waals surface area contributed by atoms with Gasteiger partial charge in [0.2, 0.25) is 17.6 Å². The normalized spacial score (nSPS) is 23.0. The number of Topliss-reactive ketones (excluding diaryl/α,β-unsaturated/α-hetero) is 1. The molecule has 0 radical (unpaired) electrons. The van der Waals surface area contributed by atoms with E-state index in [2.05, 4.69) is 13.0 Å². The maximum absolute atomic E-state index is 13.5. The molecule has 3 aromatic carbocycles. The molecule has 2 bridgehead atoms. The predicted octanol–water partition coefficient (Wildman–Crippen LogP) is 6.34. The van der Waals surface area contributed by atoms with Gasteiger partial charge in [0, 0.05) is 16.5 Å². The highest BCUT2D eigenvalue weighted by Gasteiger charge is 2.60. The third-order valence-electron chi connectivity index (χ3n) is 9.27. The maximum atomic E-state index is 13.5. The van der Waals surface area contributed by atoms with Gasteiger partial charge in [-0.25, -0.2) is 9.78 Å². The zero-order valence-corrected chi connectivity index (χ0v) is 24.1. The number of rotatable bonds is 6. The third-order valence-corrected chi connectivity index (χ3v) is 9.27. The summed E-state index contributed by atoms with van der Waals surface area (Å²) in [6.45, 7) is 5.55. The van der Waals surface area contributed by atoms with Crippen LogP contribution in [0.4, 0.5) is 5.69 Å². The number of nitrogens with zero attached hydrogens (tertiary/aromatic N) is 2. The fourth-order valence-electron chi connectivity index (χ4n) is 7.13. The lowest BCUT2D eigenvalue weighted by Gasteiger charge is -2.19. The van der Waals surface area contributed by atoms with Crippen LogP contribution in [-0.4, -0.2) is 34.7 Å². The van der Waals surface area contributed by atoms with E-state index in [1.54, 1.807) is 49.4 Å². The summed E-state index contributed by atoms with van der Waals surface area (Å²) in [5, 5.41) is 0.628. The fraction of sp³-hybridized carbons (Fsp3) is 0.250. The molecule has 2 fully saturated rings. The molecule has 0 N–H and O–H groups in total. The van der Waals surface area contributed by atoms with E-state index in [9.17, 15) is 19.2 Å². The molecular formula is C36H30N2O5. The second kappa shape index (κ2) is 10.1. The summed E-state index contributed by atoms with van der Waals surface area (Å²) < 4.78 is 5.67. The molecule has 1 saturated heterocycles. The Labute approximate surface area is 249 Å². The van der Waals surface area contributed by atoms with Crippen molar-refractivity contribution in [3.63, 3.8) is 0 Å². The molecule has 1 saturated carbocycles. The molecule has 2 amide bonds. The van der Waals surface area contributed by atoms with E-state index >= 15 is 0 Å². The Balaban J connectivity index is 1.19. The van der Waals surface area contributed by atoms with Gasteiger partial charge < -0.3 is 4.74 Å². The van der Waals surface area contributed by atoms with Crippen molar-refractivity contribution >= 4 is 40.2 Å². The Kier molecular flexibility index (Phi) is 6.34. The average molecular weight is 571 g/mol. The van der Waals surface area contributed by atoms with Gasteiger partial charge in [0.05, 0.1) is 34.3 Å². The Morgan fingerprint density at radius 3 is 2.37 bits per heavy atom. The highest BCUT2D eigenvalue weighted by Crippen LogP contribution is 2.56. The van der Waals surface area contributed by atoms with Crippen LogP contribution in [-0.2, 0) is 14.3 Å². The number of pyridine rings is 1. The molecule has 4 aromatic rings. The summed E-state index contributed by atoms with van der Waals surface area (Å²) in [4.78, 5) is 59.3. The first kappa shape index (κ1) is 27.0. The number of aromatic nitrogens is 1. The van der Waals surface area contributed by atoms with E-state index in [1.165, 1.54) is 10.5 Å². The molecule has 0 spiro atoms. The van der Waals surface area contributed by atoms with Gasteiger partial charge in [-0.15, -0.1) is 0 Å². The van der Waals surface area contributed by atoms with Crippen molar-refractivity contribution < 1.29 is 23.9 Å². The quantitative estimate of drug-likeness (QED) is 0.116. The van der Waals surface area contributed by atoms with E-state index in [1.807, 2.05) is 43.3 Å². The zero-order chi connectivity index (χ0) is 30.0. The number of ether oxygens (including phenoxy) is 1. The molecule has 3 aliphatic rings. The van der Waals surface area contributed by atoms with Crippen LogP contribution >= 0.6 is 0 Å². The number of allylic oxidation sites excluding steroid dienone is 2. The number of imide groups is 1. The molecule has 5 atom stereocenters. The van der Waals surface area contributed by atoms with Crippen LogP contribution in [0.2, 0.25) is 0 Å². The van der Waals surface area contributed by atoms with Crippen molar-refractivity contribution in [3.8, 4) is 11.3 Å². The van der Waals surface area contributed by atoms with Crippen molar-refractivity contribution in [2.45, 2.75) is 33.3 Å². The summed E-state index contributed by atoms with van der Waals surface area (Å²) in [5.41, 5.74) is 5.31. The van der Waals surface area contributed by atoms with E-state index in [4.69, 9.17) is 9.72 Å². The number of aryl methyl sites for hydroxylation is 1. The van der Waals surface area contributed by atoms with Gasteiger partial charge >= 0.3 is 5.97 Å². The van der Waals surface area contributed by atoms with Crippen molar-refractivity contribution in [2.24, 2.45) is 23.7 Å². The number of benzene rings is 3. The molecule has 7 rings (SSSR count). The number of para-hydroxylation sites is 1. The molecular weight excluding hydrogens is 540 g/mol. The summed E-state index contributed by atoms with van der Waals surface area (Å²) in [7, 11) is 0. The second-order valence-electron chi connectivity index (χ2n) is 11.8. The van der Waals surface area contributed by atoms with Crippen LogP contribution in [0.25, 0.3) is 22.2 Å². The van der Waals surface area contributed by atoms with Crippen molar-refractivity contribution in [1.29, 1.82) is 0 Å². The number of fused-ring (bicyclic) bond motifs is 6. The first-order valence-corrected chi connectivity index (χ1v) is 14.6. The number of esters is 1. The van der Waals surface area contributed by atoms with Crippen molar-refractivity contribution in [3.05, 3.63) is 107 Å². The number of amides is 2. The van der Waals surface area contributed by atoms with Crippen molar-refractivity contribution in [1.82, 2.24) is 4.98 Å². The van der Waals surface area contributed by atoms with Crippen LogP contribution in [0.1, 0.15) is 46.5 Å². The van der Waals surface area contributed by atoms with Crippen LogP contribution in [0.5, 0.6) is 0 Å². The van der Waals surface area contributed by atoms with Gasteiger partial charge in [0.25, 0.3) is 0 Å². The predicted molar refractivity (Wildman–Crippen MR) is 162 cm³/mol. The zero-order valence-electron chi connectivity index (χ0n) is 24.1. The first-order valence-electron chi connectivity index (χ1n) is 14.6. The number of anilines is 1. The minimum absolute atomic E-state index is 0.119. The molecule has 7 nitrogen and oxygen atoms in total. The van der Waals surface area contributed by atoms with Crippen LogP contribution in [0, 0.1) is 30.6 Å². The highest BCUT2D eigenvalue weighted by atomic mass is 16.5. The standard InChI is InChI=1S/C36H30N2O5/c1-19-8-7-11-26-28(36(42)43-21(3)33(39)23-9-5-4-6-10-23)18-29(37-32(19)26)22-12-14-25(15-13-22)38-34(40)30-24-16-20(2)27(17-24)31(30)35(38)41/h4-16,18,21,24,27,30-31H,17H2,1-3H3. The third kappa shape index (κ3) is 4.30. The van der Waals surface area contributed by atoms with E-state index < -0.39 is 12.1 Å². The number of carbonyl (C=O) groups is 4. The average Bonchev–Trinajstić information content (AvgIpc) is 3.66. The lowest BCUT2D eigenvalue weighted by molar-refractivity contribution is -0.123. The highest BCUT2D eigenvalue weighted by molar-refractivity contribution is 6.23. The fourth-order valence-corrected chi connectivity index (χ4v) is 7.13. The van der Waals surface area contributed by atoms with E-state index in [0.29, 0.717) is 39.0 Å². The molecule has 2 heterocycles. The Bertz CT molecular complexity index is 1860. The summed E-state index contributed by atoms with van der Waals surface area (Å²) in [6, 6.07) is 23.1. The van der Waals surface area contributed by atoms with Gasteiger partial charge in [-0.3, -0.25) is 19.3 Å². The number of carbonyl (C=O) groups excluding carboxylic acids is 4. The summed E-state index contributed by atoms with van der Waals surface area (Å²) >= 11 is 0. The summed E-state index contributed by atoms with van der Waals surface area (Å²) in [5.74, 6) is -1.38. The molecule has 214 valence electrons. The lowest BCUT2D eigenvalue weighted by Crippen LogP contribution is -2.32. The smallest absolute Gasteiger partial charge is 0.339 e. The maximum Gasteiger partial charge on any atom is 0.339 e. The van der Waals surface area contributed by atoms with Crippen LogP contribution < -0.4 is 4.90 Å². The van der Waals surface area contributed by atoms with Crippen LogP contribution in [0.3, 0.4) is 0 Å². The minimum Gasteiger partial charge on any atom is -0.451 e. The van der Waals surface area contributed by atoms with Crippen LogP contribution in [0.15, 0.2) is 90.5 Å². The minimum atomic E-state index is -0.977. The van der Waals surface area contributed by atoms with Gasteiger partial charge in [-0.05, 0) is 62.8 Å². The molecule has 43 heavy (non-hydrogen) atoms. The summed E-state index contributed by atoms with van der Waals surface area (Å²) in [6.07, 6.45) is 2.08. The SMILES string of the molecule is CC1=CC2CC1C1C(=O)N(c3ccc(-c4cc(C(=O)OC(C)C(=O)c5ccccc5)c5cccc(C)c5n4)cc3)C(=O)C21. The monoisotopic (exact) mass is 570 g/mol. The van der Waals surface area contributed by atoms with Gasteiger partial charge in [-0.2, -0.15) is 0 Å². The lowest BCUT2D eigenvalue weighted by atomic mass is 9.82. The van der Waals surface area contributed by atoms with Crippen molar-refractivity contribution in [2.75, 3.05) is 4.90 Å². The molecule has 2 aliphatic carbocycles. The van der Waals surface area contributed by atoms with Gasteiger partial charge in [0.1, 0.15) is 0 Å². The molecule has 1 aliphatic heterocycles.